The molecular weight excluding hydrogens is 496 g/mol. The molecule has 0 saturated heterocycles. The van der Waals surface area contributed by atoms with Crippen LogP contribution in [0.25, 0.3) is 5.69 Å². The first kappa shape index (κ1) is 24.5. The number of para-hydroxylation sites is 1. The molecule has 5 rings (SSSR count). The second kappa shape index (κ2) is 9.69. The van der Waals surface area contributed by atoms with Crippen molar-refractivity contribution >= 4 is 15.9 Å². The Hall–Kier alpha value is -4.19. The Kier molecular flexibility index (Phi) is 6.42. The standard InChI is InChI=1S/C26H24N4O6S/c1-17-6-5-9-20(16-17)36-19-10-12-21(13-11-19)37(34,35)29-15-14-22-23(24(29)25(31)28-33)26(32)30(27-22)18-7-3-2-4-8-18/h2-13,16,24,27,33H,14-15H2,1H3,(H,28,31). The lowest BCUT2D eigenvalue weighted by atomic mass is 10.0. The highest BCUT2D eigenvalue weighted by molar-refractivity contribution is 7.89. The summed E-state index contributed by atoms with van der Waals surface area (Å²) >= 11 is 0. The smallest absolute Gasteiger partial charge is 0.276 e. The molecule has 1 amide bonds. The van der Waals surface area contributed by atoms with Crippen molar-refractivity contribution in [1.29, 1.82) is 0 Å². The van der Waals surface area contributed by atoms with Crippen molar-refractivity contribution in [2.24, 2.45) is 0 Å². The molecular formula is C26H24N4O6S. The number of hydrogen-bond donors (Lipinski definition) is 3. The number of carbonyl (C=O) groups excluding carboxylic acids is 1. The van der Waals surface area contributed by atoms with Crippen molar-refractivity contribution in [3.05, 3.63) is 106 Å². The fraction of sp³-hybridized carbons (Fsp3) is 0.154. The zero-order valence-electron chi connectivity index (χ0n) is 19.8. The van der Waals surface area contributed by atoms with Gasteiger partial charge in [-0.3, -0.25) is 19.9 Å². The van der Waals surface area contributed by atoms with E-state index in [0.717, 1.165) is 9.87 Å². The van der Waals surface area contributed by atoms with E-state index >= 15 is 0 Å². The zero-order chi connectivity index (χ0) is 26.2. The number of aromatic amines is 1. The molecule has 0 bridgehead atoms. The van der Waals surface area contributed by atoms with Gasteiger partial charge in [-0.25, -0.2) is 18.6 Å². The first-order valence-electron chi connectivity index (χ1n) is 11.5. The lowest BCUT2D eigenvalue weighted by Crippen LogP contribution is -2.48. The lowest BCUT2D eigenvalue weighted by molar-refractivity contribution is -0.133. The summed E-state index contributed by atoms with van der Waals surface area (Å²) in [6.07, 6.45) is 0.174. The van der Waals surface area contributed by atoms with E-state index in [1.54, 1.807) is 36.4 Å². The number of benzene rings is 3. The van der Waals surface area contributed by atoms with Crippen LogP contribution in [0.5, 0.6) is 11.5 Å². The van der Waals surface area contributed by atoms with Crippen LogP contribution in [0.3, 0.4) is 0 Å². The maximum absolute atomic E-state index is 13.6. The summed E-state index contributed by atoms with van der Waals surface area (Å²) in [5.74, 6) is 0.0211. The Morgan fingerprint density at radius 1 is 1.03 bits per heavy atom. The molecule has 0 aliphatic carbocycles. The van der Waals surface area contributed by atoms with Crippen LogP contribution >= 0.6 is 0 Å². The summed E-state index contributed by atoms with van der Waals surface area (Å²) in [6.45, 7) is 1.86. The monoisotopic (exact) mass is 520 g/mol. The van der Waals surface area contributed by atoms with E-state index in [-0.39, 0.29) is 23.4 Å². The predicted molar refractivity (Wildman–Crippen MR) is 134 cm³/mol. The first-order valence-corrected chi connectivity index (χ1v) is 12.9. The van der Waals surface area contributed by atoms with E-state index in [1.165, 1.54) is 34.4 Å². The van der Waals surface area contributed by atoms with Crippen molar-refractivity contribution in [3.63, 3.8) is 0 Å². The summed E-state index contributed by atoms with van der Waals surface area (Å²) in [5.41, 5.74) is 2.89. The average molecular weight is 521 g/mol. The van der Waals surface area contributed by atoms with Crippen molar-refractivity contribution in [2.45, 2.75) is 24.3 Å². The predicted octanol–water partition coefficient (Wildman–Crippen LogP) is 3.06. The number of hydrogen-bond acceptors (Lipinski definition) is 6. The summed E-state index contributed by atoms with van der Waals surface area (Å²) in [4.78, 5) is 26.0. The van der Waals surface area contributed by atoms with Gasteiger partial charge in [0.1, 0.15) is 17.5 Å². The van der Waals surface area contributed by atoms with Gasteiger partial charge in [-0.2, -0.15) is 4.31 Å². The topological polar surface area (TPSA) is 134 Å². The summed E-state index contributed by atoms with van der Waals surface area (Å²) < 4.78 is 35.3. The molecule has 0 saturated carbocycles. The summed E-state index contributed by atoms with van der Waals surface area (Å²) in [5, 5.41) is 12.4. The summed E-state index contributed by atoms with van der Waals surface area (Å²) in [6, 6.07) is 20.4. The number of nitrogens with one attached hydrogen (secondary N) is 2. The van der Waals surface area contributed by atoms with E-state index in [9.17, 15) is 23.2 Å². The van der Waals surface area contributed by atoms with Crippen LogP contribution in [0.1, 0.15) is 22.9 Å². The molecule has 1 aromatic heterocycles. The maximum Gasteiger partial charge on any atom is 0.276 e. The quantitative estimate of drug-likeness (QED) is 0.264. The highest BCUT2D eigenvalue weighted by Gasteiger charge is 2.43. The molecule has 10 nitrogen and oxygen atoms in total. The number of sulfonamides is 1. The van der Waals surface area contributed by atoms with Crippen molar-refractivity contribution in [1.82, 2.24) is 19.6 Å². The Bertz CT molecular complexity index is 1610. The molecule has 3 aromatic carbocycles. The largest absolute Gasteiger partial charge is 0.457 e. The van der Waals surface area contributed by atoms with Gasteiger partial charge in [0.05, 0.1) is 16.1 Å². The van der Waals surface area contributed by atoms with Crippen LogP contribution in [0, 0.1) is 6.92 Å². The highest BCUT2D eigenvalue weighted by atomic mass is 32.2. The van der Waals surface area contributed by atoms with Crippen molar-refractivity contribution in [2.75, 3.05) is 6.54 Å². The molecule has 1 aliphatic rings. The van der Waals surface area contributed by atoms with Gasteiger partial charge >= 0.3 is 0 Å². The van der Waals surface area contributed by atoms with E-state index in [0.29, 0.717) is 22.9 Å². The fourth-order valence-electron chi connectivity index (χ4n) is 4.43. The van der Waals surface area contributed by atoms with Crippen LogP contribution in [0.2, 0.25) is 0 Å². The molecule has 0 fully saturated rings. The number of amides is 1. The van der Waals surface area contributed by atoms with E-state index in [2.05, 4.69) is 5.10 Å². The molecule has 1 aliphatic heterocycles. The molecule has 0 spiro atoms. The van der Waals surface area contributed by atoms with Gasteiger partial charge < -0.3 is 4.74 Å². The molecule has 11 heteroatoms. The van der Waals surface area contributed by atoms with Gasteiger partial charge in [-0.15, -0.1) is 0 Å². The zero-order valence-corrected chi connectivity index (χ0v) is 20.6. The number of aryl methyl sites for hydroxylation is 1. The maximum atomic E-state index is 13.6. The number of H-pyrrole nitrogens is 1. The minimum Gasteiger partial charge on any atom is -0.457 e. The molecule has 0 radical (unpaired) electrons. The highest BCUT2D eigenvalue weighted by Crippen LogP contribution is 2.33. The number of fused-ring (bicyclic) bond motifs is 1. The molecule has 2 heterocycles. The molecule has 1 atom stereocenters. The lowest BCUT2D eigenvalue weighted by Gasteiger charge is -2.32. The van der Waals surface area contributed by atoms with Crippen LogP contribution < -0.4 is 15.8 Å². The van der Waals surface area contributed by atoms with Gasteiger partial charge in [-0.1, -0.05) is 30.3 Å². The number of hydroxylamine groups is 1. The van der Waals surface area contributed by atoms with Crippen molar-refractivity contribution < 1.29 is 23.2 Å². The van der Waals surface area contributed by atoms with Crippen LogP contribution in [-0.4, -0.2) is 40.2 Å². The Morgan fingerprint density at radius 2 is 1.76 bits per heavy atom. The number of nitrogens with zero attached hydrogens (tertiary/aromatic N) is 2. The molecule has 3 N–H and O–H groups in total. The van der Waals surface area contributed by atoms with E-state index in [1.807, 2.05) is 25.1 Å². The average Bonchev–Trinajstić information content (AvgIpc) is 3.25. The molecule has 37 heavy (non-hydrogen) atoms. The Labute approximate surface area is 212 Å². The minimum absolute atomic E-state index is 0.0374. The second-order valence-electron chi connectivity index (χ2n) is 8.61. The first-order chi connectivity index (χ1) is 17.8. The second-order valence-corrected chi connectivity index (χ2v) is 10.5. The normalized spacial score (nSPS) is 15.7. The number of aromatic nitrogens is 2. The van der Waals surface area contributed by atoms with Gasteiger partial charge in [0.2, 0.25) is 10.0 Å². The Morgan fingerprint density at radius 3 is 2.43 bits per heavy atom. The van der Waals surface area contributed by atoms with Gasteiger partial charge in [-0.05, 0) is 61.0 Å². The van der Waals surface area contributed by atoms with Crippen LogP contribution in [0.4, 0.5) is 0 Å². The van der Waals surface area contributed by atoms with Gasteiger partial charge in [0.15, 0.2) is 0 Å². The summed E-state index contributed by atoms with van der Waals surface area (Å²) in [7, 11) is -4.23. The van der Waals surface area contributed by atoms with Gasteiger partial charge in [0.25, 0.3) is 11.5 Å². The molecule has 1 unspecified atom stereocenters. The Balaban J connectivity index is 1.49. The number of carbonyl (C=O) groups is 1. The van der Waals surface area contributed by atoms with E-state index < -0.39 is 27.5 Å². The minimum atomic E-state index is -4.23. The van der Waals surface area contributed by atoms with E-state index in [4.69, 9.17) is 4.74 Å². The molecule has 190 valence electrons. The number of ether oxygens (including phenoxy) is 1. The third kappa shape index (κ3) is 4.55. The van der Waals surface area contributed by atoms with Crippen LogP contribution in [0.15, 0.2) is 88.6 Å². The third-order valence-electron chi connectivity index (χ3n) is 6.18. The van der Waals surface area contributed by atoms with Gasteiger partial charge in [0, 0.05) is 18.7 Å². The fourth-order valence-corrected chi connectivity index (χ4v) is 6.00. The molecule has 4 aromatic rings. The third-order valence-corrected chi connectivity index (χ3v) is 8.06. The van der Waals surface area contributed by atoms with Crippen molar-refractivity contribution in [3.8, 4) is 17.2 Å². The number of rotatable bonds is 6. The van der Waals surface area contributed by atoms with Crippen LogP contribution in [-0.2, 0) is 21.2 Å². The SMILES string of the molecule is Cc1cccc(Oc2ccc(S(=O)(=O)N3CCc4[nH]n(-c5ccccc5)c(=O)c4C3C(=O)NO)cc2)c1.